The third kappa shape index (κ3) is 1.65. The fraction of sp³-hybridized carbons (Fsp3) is 0.400. The van der Waals surface area contributed by atoms with E-state index in [1.165, 1.54) is 6.07 Å². The summed E-state index contributed by atoms with van der Waals surface area (Å²) >= 11 is 0. The number of fused-ring (bicyclic) bond motifs is 1. The van der Waals surface area contributed by atoms with Crippen LogP contribution in [0.15, 0.2) is 18.2 Å². The van der Waals surface area contributed by atoms with E-state index in [0.717, 1.165) is 18.7 Å². The van der Waals surface area contributed by atoms with Gasteiger partial charge in [-0.2, -0.15) is 0 Å². The number of rotatable bonds is 0. The Balaban J connectivity index is 2.39. The molecule has 1 aliphatic heterocycles. The molecule has 0 saturated heterocycles. The molecular weight excluding hydrogens is 169 g/mol. The van der Waals surface area contributed by atoms with Crippen molar-refractivity contribution in [2.24, 2.45) is 0 Å². The summed E-state index contributed by atoms with van der Waals surface area (Å²) in [5.41, 5.74) is 0.931. The fourth-order valence-corrected chi connectivity index (χ4v) is 1.51. The van der Waals surface area contributed by atoms with E-state index in [1.807, 2.05) is 13.1 Å². The molecule has 0 fully saturated rings. The Labute approximate surface area is 76.9 Å². The molecule has 2 rings (SSSR count). The lowest BCUT2D eigenvalue weighted by molar-refractivity contribution is 0.253. The van der Waals surface area contributed by atoms with Gasteiger partial charge in [0.05, 0.1) is 0 Å². The average Bonchev–Trinajstić information content (AvgIpc) is 2.27. The smallest absolute Gasteiger partial charge is 0.165 e. The Morgan fingerprint density at radius 3 is 3.15 bits per heavy atom. The van der Waals surface area contributed by atoms with Crippen LogP contribution in [0, 0.1) is 5.82 Å². The highest BCUT2D eigenvalue weighted by Crippen LogP contribution is 2.25. The molecule has 0 amide bonds. The second kappa shape index (κ2) is 3.34. The van der Waals surface area contributed by atoms with Crippen LogP contribution in [-0.4, -0.2) is 25.1 Å². The van der Waals surface area contributed by atoms with E-state index in [-0.39, 0.29) is 5.82 Å². The molecule has 1 aromatic rings. The molecule has 0 spiro atoms. The van der Waals surface area contributed by atoms with Gasteiger partial charge < -0.3 is 4.74 Å². The minimum absolute atomic E-state index is 0.257. The highest BCUT2D eigenvalue weighted by molar-refractivity contribution is 5.35. The van der Waals surface area contributed by atoms with E-state index in [9.17, 15) is 4.39 Å². The van der Waals surface area contributed by atoms with Crippen molar-refractivity contribution >= 4 is 0 Å². The topological polar surface area (TPSA) is 12.5 Å². The Kier molecular flexibility index (Phi) is 2.19. The van der Waals surface area contributed by atoms with Gasteiger partial charge in [-0.1, -0.05) is 12.1 Å². The van der Waals surface area contributed by atoms with Crippen LogP contribution in [0.1, 0.15) is 5.56 Å². The molecule has 0 bridgehead atoms. The quantitative estimate of drug-likeness (QED) is 0.603. The Morgan fingerprint density at radius 1 is 1.46 bits per heavy atom. The molecule has 0 aliphatic carbocycles. The highest BCUT2D eigenvalue weighted by atomic mass is 19.1. The molecule has 3 heteroatoms. The maximum absolute atomic E-state index is 13.2. The van der Waals surface area contributed by atoms with Gasteiger partial charge in [-0.3, -0.25) is 4.90 Å². The first-order valence-corrected chi connectivity index (χ1v) is 4.36. The van der Waals surface area contributed by atoms with Crippen LogP contribution < -0.4 is 4.74 Å². The largest absolute Gasteiger partial charge is 0.489 e. The maximum atomic E-state index is 13.2. The SMILES string of the molecule is CN1CCOc2c(F)cccc2C1. The van der Waals surface area contributed by atoms with Crippen molar-refractivity contribution in [3.05, 3.63) is 29.6 Å². The predicted molar refractivity (Wildman–Crippen MR) is 48.2 cm³/mol. The second-order valence-corrected chi connectivity index (χ2v) is 3.31. The summed E-state index contributed by atoms with van der Waals surface area (Å²) in [7, 11) is 2.00. The zero-order valence-electron chi connectivity index (χ0n) is 7.59. The van der Waals surface area contributed by atoms with Crippen LogP contribution in [0.5, 0.6) is 5.75 Å². The van der Waals surface area contributed by atoms with Gasteiger partial charge in [0.15, 0.2) is 11.6 Å². The van der Waals surface area contributed by atoms with Crippen LogP contribution in [0.2, 0.25) is 0 Å². The summed E-state index contributed by atoms with van der Waals surface area (Å²) in [4.78, 5) is 2.12. The lowest BCUT2D eigenvalue weighted by Crippen LogP contribution is -2.20. The molecule has 70 valence electrons. The van der Waals surface area contributed by atoms with Gasteiger partial charge in [-0.25, -0.2) is 4.39 Å². The van der Waals surface area contributed by atoms with Crippen LogP contribution in [0.25, 0.3) is 0 Å². The number of para-hydroxylation sites is 1. The molecule has 13 heavy (non-hydrogen) atoms. The van der Waals surface area contributed by atoms with Gasteiger partial charge in [0.1, 0.15) is 6.61 Å². The standard InChI is InChI=1S/C10H12FNO/c1-12-5-6-13-10-8(7-12)3-2-4-9(10)11/h2-4H,5-7H2,1H3. The molecular formula is C10H12FNO. The van der Waals surface area contributed by atoms with E-state index in [0.29, 0.717) is 12.4 Å². The predicted octanol–water partition coefficient (Wildman–Crippen LogP) is 1.65. The molecule has 0 aromatic heterocycles. The van der Waals surface area contributed by atoms with Gasteiger partial charge in [0, 0.05) is 18.7 Å². The van der Waals surface area contributed by atoms with Gasteiger partial charge in [-0.05, 0) is 13.1 Å². The van der Waals surface area contributed by atoms with Crippen molar-refractivity contribution in [3.63, 3.8) is 0 Å². The van der Waals surface area contributed by atoms with Crippen LogP contribution in [-0.2, 0) is 6.54 Å². The van der Waals surface area contributed by atoms with Gasteiger partial charge in [0.25, 0.3) is 0 Å². The molecule has 0 unspecified atom stereocenters. The highest BCUT2D eigenvalue weighted by Gasteiger charge is 2.15. The maximum Gasteiger partial charge on any atom is 0.165 e. The lowest BCUT2D eigenvalue weighted by atomic mass is 10.2. The number of benzene rings is 1. The zero-order chi connectivity index (χ0) is 9.26. The Hall–Kier alpha value is -1.09. The zero-order valence-corrected chi connectivity index (χ0v) is 7.59. The Morgan fingerprint density at radius 2 is 2.31 bits per heavy atom. The first kappa shape index (κ1) is 8.51. The van der Waals surface area contributed by atoms with Crippen molar-refractivity contribution in [2.45, 2.75) is 6.54 Å². The van der Waals surface area contributed by atoms with E-state index in [4.69, 9.17) is 4.74 Å². The normalized spacial score (nSPS) is 17.4. The number of likely N-dealkylation sites (N-methyl/N-ethyl adjacent to an activating group) is 1. The summed E-state index contributed by atoms with van der Waals surface area (Å²) in [6.07, 6.45) is 0. The molecule has 0 N–H and O–H groups in total. The van der Waals surface area contributed by atoms with Crippen molar-refractivity contribution in [1.29, 1.82) is 0 Å². The van der Waals surface area contributed by atoms with Crippen LogP contribution in [0.4, 0.5) is 4.39 Å². The molecule has 0 atom stereocenters. The molecule has 1 aliphatic rings. The van der Waals surface area contributed by atoms with Gasteiger partial charge in [0.2, 0.25) is 0 Å². The number of nitrogens with zero attached hydrogens (tertiary/aromatic N) is 1. The molecule has 0 saturated carbocycles. The number of hydrogen-bond acceptors (Lipinski definition) is 2. The minimum Gasteiger partial charge on any atom is -0.489 e. The third-order valence-electron chi connectivity index (χ3n) is 2.21. The van der Waals surface area contributed by atoms with Crippen LogP contribution in [0.3, 0.4) is 0 Å². The Bertz CT molecular complexity index is 314. The molecule has 1 aromatic carbocycles. The van der Waals surface area contributed by atoms with Crippen LogP contribution >= 0.6 is 0 Å². The van der Waals surface area contributed by atoms with Crippen molar-refractivity contribution < 1.29 is 9.13 Å². The minimum atomic E-state index is -0.257. The summed E-state index contributed by atoms with van der Waals surface area (Å²) in [5.74, 6) is 0.166. The van der Waals surface area contributed by atoms with Crippen molar-refractivity contribution in [3.8, 4) is 5.75 Å². The second-order valence-electron chi connectivity index (χ2n) is 3.31. The van der Waals surface area contributed by atoms with E-state index in [1.54, 1.807) is 6.07 Å². The number of halogens is 1. The number of hydrogen-bond donors (Lipinski definition) is 0. The van der Waals surface area contributed by atoms with Crippen molar-refractivity contribution in [2.75, 3.05) is 20.2 Å². The van der Waals surface area contributed by atoms with Crippen molar-refractivity contribution in [1.82, 2.24) is 4.90 Å². The fourth-order valence-electron chi connectivity index (χ4n) is 1.51. The van der Waals surface area contributed by atoms with E-state index < -0.39 is 0 Å². The van der Waals surface area contributed by atoms with Gasteiger partial charge in [-0.15, -0.1) is 0 Å². The molecule has 1 heterocycles. The first-order valence-electron chi connectivity index (χ1n) is 4.36. The summed E-state index contributed by atoms with van der Waals surface area (Å²) < 4.78 is 18.6. The molecule has 0 radical (unpaired) electrons. The summed E-state index contributed by atoms with van der Waals surface area (Å²) in [6.45, 7) is 2.16. The number of ether oxygens (including phenoxy) is 1. The first-order chi connectivity index (χ1) is 6.27. The summed E-state index contributed by atoms with van der Waals surface area (Å²) in [6, 6.07) is 5.06. The summed E-state index contributed by atoms with van der Waals surface area (Å²) in [5, 5.41) is 0. The molecule has 2 nitrogen and oxygen atoms in total. The monoisotopic (exact) mass is 181 g/mol. The van der Waals surface area contributed by atoms with E-state index >= 15 is 0 Å². The third-order valence-corrected chi connectivity index (χ3v) is 2.21. The lowest BCUT2D eigenvalue weighted by Gasteiger charge is -2.10. The van der Waals surface area contributed by atoms with E-state index in [2.05, 4.69) is 4.90 Å². The van der Waals surface area contributed by atoms with Gasteiger partial charge >= 0.3 is 0 Å². The average molecular weight is 181 g/mol.